The van der Waals surface area contributed by atoms with Crippen LogP contribution in [0, 0.1) is 5.82 Å². The van der Waals surface area contributed by atoms with Crippen LogP contribution in [0.2, 0.25) is 5.02 Å². The van der Waals surface area contributed by atoms with Gasteiger partial charge in [-0.1, -0.05) is 11.6 Å². The minimum Gasteiger partial charge on any atom is -0.396 e. The minimum absolute atomic E-state index is 0.0271. The number of benzene rings is 1. The zero-order valence-corrected chi connectivity index (χ0v) is 8.22. The lowest BCUT2D eigenvalue weighted by Crippen LogP contribution is -2.00. The van der Waals surface area contributed by atoms with Gasteiger partial charge in [-0.2, -0.15) is 0 Å². The average molecular weight is 217 g/mol. The number of hydrogen-bond donors (Lipinski definition) is 1. The minimum atomic E-state index is -0.537. The number of halogens is 2. The number of rotatable bonds is 4. The summed E-state index contributed by atoms with van der Waals surface area (Å²) in [5.41, 5.74) is 0.379. The lowest BCUT2D eigenvalue weighted by atomic mass is 10.1. The van der Waals surface area contributed by atoms with Crippen LogP contribution in [0.5, 0.6) is 0 Å². The Bertz CT molecular complexity index is 339. The molecule has 1 aromatic carbocycles. The summed E-state index contributed by atoms with van der Waals surface area (Å²) in [6.07, 6.45) is 0.659. The van der Waals surface area contributed by atoms with E-state index in [1.165, 1.54) is 12.1 Å². The van der Waals surface area contributed by atoms with Crippen molar-refractivity contribution in [3.8, 4) is 0 Å². The zero-order valence-electron chi connectivity index (χ0n) is 7.46. The molecule has 0 bridgehead atoms. The van der Waals surface area contributed by atoms with Gasteiger partial charge in [0.05, 0.1) is 5.02 Å². The second-order valence-corrected chi connectivity index (χ2v) is 3.29. The Morgan fingerprint density at radius 1 is 1.50 bits per heavy atom. The van der Waals surface area contributed by atoms with E-state index in [4.69, 9.17) is 16.7 Å². The molecule has 0 radical (unpaired) electrons. The molecule has 1 aromatic rings. The van der Waals surface area contributed by atoms with Gasteiger partial charge in [-0.3, -0.25) is 4.79 Å². The first kappa shape index (κ1) is 11.1. The van der Waals surface area contributed by atoms with E-state index < -0.39 is 5.82 Å². The van der Waals surface area contributed by atoms with E-state index in [2.05, 4.69) is 0 Å². The second-order valence-electron chi connectivity index (χ2n) is 2.88. The molecule has 4 heteroatoms. The highest BCUT2D eigenvalue weighted by atomic mass is 35.5. The third-order valence-electron chi connectivity index (χ3n) is 1.80. The molecule has 0 aliphatic carbocycles. The van der Waals surface area contributed by atoms with Gasteiger partial charge in [0.1, 0.15) is 5.82 Å². The van der Waals surface area contributed by atoms with Crippen molar-refractivity contribution in [2.45, 2.75) is 12.8 Å². The lowest BCUT2D eigenvalue weighted by Gasteiger charge is -2.00. The topological polar surface area (TPSA) is 37.3 Å². The highest BCUT2D eigenvalue weighted by Crippen LogP contribution is 2.17. The Hall–Kier alpha value is -0.930. The van der Waals surface area contributed by atoms with Gasteiger partial charge < -0.3 is 5.11 Å². The third kappa shape index (κ3) is 2.79. The quantitative estimate of drug-likeness (QED) is 0.785. The number of carbonyl (C=O) groups is 1. The van der Waals surface area contributed by atoms with Crippen molar-refractivity contribution in [1.29, 1.82) is 0 Å². The summed E-state index contributed by atoms with van der Waals surface area (Å²) in [5, 5.41) is 8.47. The van der Waals surface area contributed by atoms with Gasteiger partial charge in [-0.05, 0) is 24.6 Å². The van der Waals surface area contributed by atoms with E-state index in [1.807, 2.05) is 0 Å². The Balaban J connectivity index is 2.76. The Kier molecular flexibility index (Phi) is 4.04. The van der Waals surface area contributed by atoms with Gasteiger partial charge in [0, 0.05) is 18.6 Å². The number of aliphatic hydroxyl groups is 1. The van der Waals surface area contributed by atoms with Gasteiger partial charge in [0.25, 0.3) is 0 Å². The molecule has 0 fully saturated rings. The Morgan fingerprint density at radius 3 is 2.79 bits per heavy atom. The first-order valence-corrected chi connectivity index (χ1v) is 4.62. The van der Waals surface area contributed by atoms with Crippen molar-refractivity contribution >= 4 is 17.4 Å². The van der Waals surface area contributed by atoms with E-state index >= 15 is 0 Å². The molecule has 0 unspecified atom stereocenters. The number of hydrogen-bond acceptors (Lipinski definition) is 2. The number of Topliss-reactive ketones (excluding diaryl/α,β-unsaturated/α-hetero) is 1. The van der Waals surface area contributed by atoms with E-state index in [1.54, 1.807) is 0 Å². The number of ketones is 1. The standard InChI is InChI=1S/C10H10ClFO2/c11-8-6-7(3-4-9(8)12)10(14)2-1-5-13/h3-4,6,13H,1-2,5H2. The number of carbonyl (C=O) groups excluding carboxylic acids is 1. The molecular weight excluding hydrogens is 207 g/mol. The van der Waals surface area contributed by atoms with Gasteiger partial charge in [-0.15, -0.1) is 0 Å². The smallest absolute Gasteiger partial charge is 0.163 e. The second kappa shape index (κ2) is 5.08. The average Bonchev–Trinajstić information content (AvgIpc) is 2.18. The van der Waals surface area contributed by atoms with Crippen LogP contribution >= 0.6 is 11.6 Å². The van der Waals surface area contributed by atoms with Crippen LogP contribution in [0.15, 0.2) is 18.2 Å². The first-order chi connectivity index (χ1) is 6.65. The Morgan fingerprint density at radius 2 is 2.21 bits per heavy atom. The van der Waals surface area contributed by atoms with Gasteiger partial charge in [-0.25, -0.2) is 4.39 Å². The van der Waals surface area contributed by atoms with E-state index in [9.17, 15) is 9.18 Å². The normalized spacial score (nSPS) is 10.2. The lowest BCUT2D eigenvalue weighted by molar-refractivity contribution is 0.0971. The molecule has 0 spiro atoms. The van der Waals surface area contributed by atoms with Crippen molar-refractivity contribution < 1.29 is 14.3 Å². The Labute approximate surface area is 86.3 Å². The number of aliphatic hydroxyl groups excluding tert-OH is 1. The van der Waals surface area contributed by atoms with Crippen molar-refractivity contribution in [1.82, 2.24) is 0 Å². The maximum absolute atomic E-state index is 12.7. The van der Waals surface area contributed by atoms with Gasteiger partial charge in [0.15, 0.2) is 5.78 Å². The van der Waals surface area contributed by atoms with Gasteiger partial charge >= 0.3 is 0 Å². The first-order valence-electron chi connectivity index (χ1n) is 4.24. The fourth-order valence-electron chi connectivity index (χ4n) is 1.05. The van der Waals surface area contributed by atoms with Crippen LogP contribution in [0.25, 0.3) is 0 Å². The predicted octanol–water partition coefficient (Wildman–Crippen LogP) is 2.43. The molecule has 0 atom stereocenters. The summed E-state index contributed by atoms with van der Waals surface area (Å²) >= 11 is 5.52. The molecule has 1 rings (SSSR count). The van der Waals surface area contributed by atoms with Gasteiger partial charge in [0.2, 0.25) is 0 Å². The van der Waals surface area contributed by atoms with Crippen LogP contribution in [-0.2, 0) is 0 Å². The molecule has 76 valence electrons. The van der Waals surface area contributed by atoms with Crippen LogP contribution in [-0.4, -0.2) is 17.5 Å². The summed E-state index contributed by atoms with van der Waals surface area (Å²) < 4.78 is 12.7. The maximum atomic E-state index is 12.7. The molecule has 0 heterocycles. The van der Waals surface area contributed by atoms with Crippen LogP contribution < -0.4 is 0 Å². The van der Waals surface area contributed by atoms with E-state index in [0.29, 0.717) is 12.0 Å². The molecule has 2 nitrogen and oxygen atoms in total. The molecule has 0 saturated carbocycles. The van der Waals surface area contributed by atoms with Crippen LogP contribution in [0.4, 0.5) is 4.39 Å². The fraction of sp³-hybridized carbons (Fsp3) is 0.300. The highest BCUT2D eigenvalue weighted by Gasteiger charge is 2.07. The molecular formula is C10H10ClFO2. The van der Waals surface area contributed by atoms with Crippen molar-refractivity contribution in [2.24, 2.45) is 0 Å². The van der Waals surface area contributed by atoms with E-state index in [0.717, 1.165) is 6.07 Å². The predicted molar refractivity (Wildman–Crippen MR) is 52.1 cm³/mol. The van der Waals surface area contributed by atoms with Crippen LogP contribution in [0.1, 0.15) is 23.2 Å². The summed E-state index contributed by atoms with van der Waals surface area (Å²) in [4.78, 5) is 11.4. The third-order valence-corrected chi connectivity index (χ3v) is 2.09. The fourth-order valence-corrected chi connectivity index (χ4v) is 1.23. The summed E-state index contributed by atoms with van der Waals surface area (Å²) in [6, 6.07) is 3.85. The molecule has 0 aliphatic rings. The SMILES string of the molecule is O=C(CCCO)c1ccc(F)c(Cl)c1. The molecule has 0 aromatic heterocycles. The zero-order chi connectivity index (χ0) is 10.6. The van der Waals surface area contributed by atoms with E-state index in [-0.39, 0.29) is 23.8 Å². The summed E-state index contributed by atoms with van der Waals surface area (Å²) in [5.74, 6) is -0.675. The van der Waals surface area contributed by atoms with Crippen molar-refractivity contribution in [2.75, 3.05) is 6.61 Å². The summed E-state index contributed by atoms with van der Waals surface area (Å²) in [7, 11) is 0. The summed E-state index contributed by atoms with van der Waals surface area (Å²) in [6.45, 7) is -0.0271. The van der Waals surface area contributed by atoms with Crippen molar-refractivity contribution in [3.05, 3.63) is 34.6 Å². The molecule has 0 saturated heterocycles. The molecule has 0 aliphatic heterocycles. The maximum Gasteiger partial charge on any atom is 0.163 e. The van der Waals surface area contributed by atoms with Crippen LogP contribution in [0.3, 0.4) is 0 Å². The monoisotopic (exact) mass is 216 g/mol. The molecule has 14 heavy (non-hydrogen) atoms. The molecule has 0 amide bonds. The largest absolute Gasteiger partial charge is 0.396 e. The highest BCUT2D eigenvalue weighted by molar-refractivity contribution is 6.31. The molecule has 1 N–H and O–H groups in total. The van der Waals surface area contributed by atoms with Crippen molar-refractivity contribution in [3.63, 3.8) is 0 Å².